The number of hydrogen-bond donors (Lipinski definition) is 2. The summed E-state index contributed by atoms with van der Waals surface area (Å²) in [4.78, 5) is 34.9. The largest absolute Gasteiger partial charge is 0.497 e. The molecule has 2 N–H and O–H groups in total. The van der Waals surface area contributed by atoms with Crippen molar-refractivity contribution in [2.45, 2.75) is 68.6 Å². The number of piperidine rings is 1. The molecule has 7 rings (SSSR count). The quantitative estimate of drug-likeness (QED) is 0.247. The molecule has 3 aromatic carbocycles. The van der Waals surface area contributed by atoms with E-state index in [0.717, 1.165) is 42.9 Å². The summed E-state index contributed by atoms with van der Waals surface area (Å²) in [5, 5.41) is 13.3. The summed E-state index contributed by atoms with van der Waals surface area (Å²) in [6.07, 6.45) is 1.11. The summed E-state index contributed by atoms with van der Waals surface area (Å²) in [5.41, 5.74) is 1.53. The van der Waals surface area contributed by atoms with Gasteiger partial charge in [-0.2, -0.15) is 0 Å². The van der Waals surface area contributed by atoms with E-state index in [4.69, 9.17) is 9.47 Å². The topological polar surface area (TPSA) is 94.6 Å². The molecule has 4 aliphatic heterocycles. The van der Waals surface area contributed by atoms with E-state index < -0.39 is 37.1 Å². The lowest BCUT2D eigenvalue weighted by atomic mass is 9.82. The third-order valence-corrected chi connectivity index (χ3v) is 13.5. The van der Waals surface area contributed by atoms with Gasteiger partial charge in [0.1, 0.15) is 11.3 Å². The van der Waals surface area contributed by atoms with Crippen molar-refractivity contribution >= 4 is 37.3 Å². The number of ether oxygens (including phenoxy) is 2. The summed E-state index contributed by atoms with van der Waals surface area (Å²) in [5.74, 6) is -0.0242. The Labute approximate surface area is 282 Å². The first-order valence-corrected chi connectivity index (χ1v) is 19.9. The number of nitrogens with one attached hydrogen (secondary N) is 1. The Morgan fingerprint density at radius 3 is 2.42 bits per heavy atom. The number of para-hydroxylation sites is 1. The highest BCUT2D eigenvalue weighted by Crippen LogP contribution is 2.60. The summed E-state index contributed by atoms with van der Waals surface area (Å²) in [7, 11) is -1.73. The Morgan fingerprint density at radius 2 is 1.73 bits per heavy atom. The van der Waals surface area contributed by atoms with Crippen LogP contribution in [0.15, 0.2) is 72.8 Å². The standard InChI is InChI=1S/C37H45FN4O5Si/c1-25-33(48(3,4)38)32(15-20-43)47-37(25)30-22-29(46-2)13-14-31(30)40(35(37)45)23-26-9-8-12-28(21-26)41-24-42(27-10-6-5-7-11-27)36(34(41)44)16-18-39-19-17-36/h5-14,21-22,25,32-33,39,43H,15-20,23-24H2,1-4H3/t25-,32+,33-,37+/m0/s1. The maximum atomic E-state index is 15.9. The minimum atomic E-state index is -3.31. The number of nitrogens with zero attached hydrogens (tertiary/aromatic N) is 3. The molecule has 0 unspecified atom stereocenters. The van der Waals surface area contributed by atoms with Gasteiger partial charge in [0.15, 0.2) is 5.60 Å². The first-order valence-electron chi connectivity index (χ1n) is 17.0. The van der Waals surface area contributed by atoms with Gasteiger partial charge in [0.2, 0.25) is 8.41 Å². The molecule has 3 aromatic rings. The number of aliphatic hydroxyl groups excluding tert-OH is 1. The number of anilines is 3. The zero-order chi connectivity index (χ0) is 33.8. The van der Waals surface area contributed by atoms with Gasteiger partial charge in [0, 0.05) is 35.0 Å². The molecule has 2 amide bonds. The van der Waals surface area contributed by atoms with Gasteiger partial charge < -0.3 is 33.8 Å². The van der Waals surface area contributed by atoms with Crippen LogP contribution in [0, 0.1) is 5.92 Å². The van der Waals surface area contributed by atoms with Crippen molar-refractivity contribution in [3.8, 4) is 5.75 Å². The van der Waals surface area contributed by atoms with Gasteiger partial charge in [-0.25, -0.2) is 0 Å². The number of aliphatic hydroxyl groups is 1. The maximum absolute atomic E-state index is 15.9. The lowest BCUT2D eigenvalue weighted by Gasteiger charge is -2.39. The van der Waals surface area contributed by atoms with Crippen LogP contribution in [0.25, 0.3) is 0 Å². The van der Waals surface area contributed by atoms with Crippen molar-refractivity contribution in [3.05, 3.63) is 83.9 Å². The minimum absolute atomic E-state index is 0.0887. The Kier molecular flexibility index (Phi) is 8.38. The van der Waals surface area contributed by atoms with Crippen molar-refractivity contribution in [2.24, 2.45) is 5.92 Å². The van der Waals surface area contributed by atoms with Crippen molar-refractivity contribution in [2.75, 3.05) is 48.2 Å². The normalized spacial score (nSPS) is 26.6. The first kappa shape index (κ1) is 32.8. The van der Waals surface area contributed by atoms with Gasteiger partial charge in [-0.3, -0.25) is 14.5 Å². The lowest BCUT2D eigenvalue weighted by Crippen LogP contribution is -2.55. The first-order chi connectivity index (χ1) is 23.0. The van der Waals surface area contributed by atoms with Crippen LogP contribution in [0.4, 0.5) is 21.2 Å². The monoisotopic (exact) mass is 672 g/mol. The van der Waals surface area contributed by atoms with Crippen LogP contribution < -0.4 is 24.8 Å². The molecule has 4 aliphatic rings. The number of hydrogen-bond acceptors (Lipinski definition) is 7. The number of rotatable bonds is 8. The van der Waals surface area contributed by atoms with Crippen LogP contribution in [-0.4, -0.2) is 70.4 Å². The predicted octanol–water partition coefficient (Wildman–Crippen LogP) is 5.33. The Bertz CT molecular complexity index is 1700. The lowest BCUT2D eigenvalue weighted by molar-refractivity contribution is -0.146. The van der Waals surface area contributed by atoms with Gasteiger partial charge in [0.05, 0.1) is 32.1 Å². The van der Waals surface area contributed by atoms with Crippen LogP contribution in [0.2, 0.25) is 18.6 Å². The van der Waals surface area contributed by atoms with E-state index in [1.165, 1.54) is 0 Å². The fourth-order valence-corrected chi connectivity index (χ4v) is 11.4. The second-order valence-electron chi connectivity index (χ2n) is 14.1. The van der Waals surface area contributed by atoms with E-state index in [2.05, 4.69) is 22.3 Å². The third kappa shape index (κ3) is 5.05. The summed E-state index contributed by atoms with van der Waals surface area (Å²) < 4.78 is 28.2. The van der Waals surface area contributed by atoms with E-state index in [1.807, 2.05) is 72.5 Å². The molecule has 4 heterocycles. The molecule has 3 fully saturated rings. The molecule has 4 atom stereocenters. The fraction of sp³-hybridized carbons (Fsp3) is 0.459. The molecule has 9 nitrogen and oxygen atoms in total. The number of benzene rings is 3. The number of amides is 2. The van der Waals surface area contributed by atoms with Crippen LogP contribution >= 0.6 is 0 Å². The highest BCUT2D eigenvalue weighted by atomic mass is 28.4. The second kappa shape index (κ2) is 12.3. The fourth-order valence-electron chi connectivity index (χ4n) is 8.88. The van der Waals surface area contributed by atoms with E-state index >= 15 is 4.11 Å². The van der Waals surface area contributed by atoms with E-state index in [9.17, 15) is 14.7 Å². The molecule has 0 aliphatic carbocycles. The van der Waals surface area contributed by atoms with E-state index in [0.29, 0.717) is 23.7 Å². The molecule has 0 radical (unpaired) electrons. The Balaban J connectivity index is 1.23. The van der Waals surface area contributed by atoms with Crippen molar-refractivity contribution < 1.29 is 28.3 Å². The van der Waals surface area contributed by atoms with Gasteiger partial charge in [-0.05, 0) is 93.5 Å². The SMILES string of the molecule is COc1ccc2c(c1)[C@@]1(O[C@H](CCO)[C@@H]([Si](C)(C)F)[C@@H]1C)C(=O)N2Cc1cccc(N2CN(c3ccccc3)C3(CCNCC3)C2=O)c1. The molecule has 0 bridgehead atoms. The average molecular weight is 673 g/mol. The summed E-state index contributed by atoms with van der Waals surface area (Å²) in [6.45, 7) is 7.29. The molecule has 11 heteroatoms. The van der Waals surface area contributed by atoms with Crippen LogP contribution in [-0.2, 0) is 26.5 Å². The predicted molar refractivity (Wildman–Crippen MR) is 186 cm³/mol. The van der Waals surface area contributed by atoms with Crippen LogP contribution in [0.1, 0.15) is 37.3 Å². The summed E-state index contributed by atoms with van der Waals surface area (Å²) >= 11 is 0. The molecule has 0 aromatic heterocycles. The van der Waals surface area contributed by atoms with Crippen molar-refractivity contribution in [1.82, 2.24) is 5.32 Å². The molecule has 254 valence electrons. The summed E-state index contributed by atoms with van der Waals surface area (Å²) in [6, 6.07) is 23.5. The molecule has 3 saturated heterocycles. The highest BCUT2D eigenvalue weighted by Gasteiger charge is 2.66. The van der Waals surface area contributed by atoms with Crippen LogP contribution in [0.3, 0.4) is 0 Å². The Morgan fingerprint density at radius 1 is 1.00 bits per heavy atom. The molecular formula is C37H45FN4O5Si. The highest BCUT2D eigenvalue weighted by molar-refractivity contribution is 6.72. The molecule has 0 saturated carbocycles. The number of carbonyl (C=O) groups is 2. The van der Waals surface area contributed by atoms with Crippen LogP contribution in [0.5, 0.6) is 5.75 Å². The molecule has 48 heavy (non-hydrogen) atoms. The van der Waals surface area contributed by atoms with Gasteiger partial charge in [-0.15, -0.1) is 0 Å². The number of methoxy groups -OCH3 is 1. The van der Waals surface area contributed by atoms with E-state index in [-0.39, 0.29) is 31.4 Å². The Hall–Kier alpha value is -3.77. The van der Waals surface area contributed by atoms with Gasteiger partial charge >= 0.3 is 0 Å². The number of fused-ring (bicyclic) bond motifs is 2. The van der Waals surface area contributed by atoms with Crippen molar-refractivity contribution in [3.63, 3.8) is 0 Å². The zero-order valence-corrected chi connectivity index (χ0v) is 29.1. The number of halogens is 1. The smallest absolute Gasteiger partial charge is 0.264 e. The third-order valence-electron chi connectivity index (χ3n) is 11.1. The number of carbonyl (C=O) groups excluding carboxylic acids is 2. The maximum Gasteiger partial charge on any atom is 0.264 e. The van der Waals surface area contributed by atoms with Crippen molar-refractivity contribution in [1.29, 1.82) is 0 Å². The second-order valence-corrected chi connectivity index (χ2v) is 17.9. The molecular weight excluding hydrogens is 628 g/mol. The molecule has 2 spiro atoms. The average Bonchev–Trinajstić information content (AvgIpc) is 3.63. The minimum Gasteiger partial charge on any atom is -0.497 e. The van der Waals surface area contributed by atoms with Gasteiger partial charge in [-0.1, -0.05) is 37.3 Å². The van der Waals surface area contributed by atoms with Gasteiger partial charge in [0.25, 0.3) is 11.8 Å². The zero-order valence-electron chi connectivity index (χ0n) is 28.1. The van der Waals surface area contributed by atoms with E-state index in [1.54, 1.807) is 25.1 Å².